The lowest BCUT2D eigenvalue weighted by Gasteiger charge is -2.27. The van der Waals surface area contributed by atoms with E-state index < -0.39 is 0 Å². The molecule has 0 bridgehead atoms. The molecule has 0 radical (unpaired) electrons. The summed E-state index contributed by atoms with van der Waals surface area (Å²) in [5.41, 5.74) is 2.70. The van der Waals surface area contributed by atoms with Crippen LogP contribution in [-0.4, -0.2) is 62.0 Å². The van der Waals surface area contributed by atoms with E-state index in [1.807, 2.05) is 6.07 Å². The maximum absolute atomic E-state index is 14.7. The van der Waals surface area contributed by atoms with Gasteiger partial charge in [-0.1, -0.05) is 23.4 Å². The van der Waals surface area contributed by atoms with Crippen molar-refractivity contribution >= 4 is 11.7 Å². The number of ether oxygens (including phenoxy) is 3. The van der Waals surface area contributed by atoms with Gasteiger partial charge >= 0.3 is 0 Å². The van der Waals surface area contributed by atoms with Crippen molar-refractivity contribution < 1.29 is 23.4 Å². The molecule has 2 saturated heterocycles. The minimum absolute atomic E-state index is 0.0245. The Morgan fingerprint density at radius 3 is 2.66 bits per heavy atom. The second kappa shape index (κ2) is 13.5. The smallest absolute Gasteiger partial charge is 0.225 e. The van der Waals surface area contributed by atoms with Crippen molar-refractivity contribution in [2.75, 3.05) is 44.9 Å². The van der Waals surface area contributed by atoms with Crippen LogP contribution in [-0.2, 0) is 25.7 Å². The van der Waals surface area contributed by atoms with E-state index in [2.05, 4.69) is 20.0 Å². The lowest BCUT2D eigenvalue weighted by molar-refractivity contribution is -0.163. The fourth-order valence-corrected chi connectivity index (χ4v) is 4.21. The highest BCUT2D eigenvalue weighted by atomic mass is 19.1. The first-order valence-corrected chi connectivity index (χ1v) is 12.5. The maximum Gasteiger partial charge on any atom is 0.225 e. The maximum atomic E-state index is 14.7. The number of piperidine rings is 1. The van der Waals surface area contributed by atoms with E-state index in [-0.39, 0.29) is 18.7 Å². The van der Waals surface area contributed by atoms with E-state index in [0.717, 1.165) is 63.9 Å². The van der Waals surface area contributed by atoms with Crippen LogP contribution in [0, 0.1) is 5.82 Å². The van der Waals surface area contributed by atoms with Crippen LogP contribution in [0.3, 0.4) is 0 Å². The van der Waals surface area contributed by atoms with Crippen LogP contribution in [0.2, 0.25) is 0 Å². The molecule has 2 aromatic rings. The number of anilines is 1. The predicted octanol–water partition coefficient (Wildman–Crippen LogP) is 4.73. The summed E-state index contributed by atoms with van der Waals surface area (Å²) in [5, 5.41) is 4.32. The Bertz CT molecular complexity index is 941. The summed E-state index contributed by atoms with van der Waals surface area (Å²) in [7, 11) is 1.55. The lowest BCUT2D eigenvalue weighted by Crippen LogP contribution is -2.35. The van der Waals surface area contributed by atoms with Crippen LogP contribution < -0.4 is 4.90 Å². The van der Waals surface area contributed by atoms with Crippen LogP contribution in [0.4, 0.5) is 10.3 Å². The third-order valence-electron chi connectivity index (χ3n) is 6.22. The Labute approximate surface area is 206 Å². The fraction of sp³-hybridized carbons (Fsp3) is 0.577. The molecule has 1 aromatic carbocycles. The van der Waals surface area contributed by atoms with Crippen molar-refractivity contribution in [2.45, 2.75) is 57.8 Å². The Morgan fingerprint density at radius 1 is 1.11 bits per heavy atom. The Kier molecular flexibility index (Phi) is 9.80. The standard InChI is InChI=1S/C26H35FN4O4/c1-32-19-20-7-6-8-23(25(20)27)21-17-28-26(29-18-21)31-12-10-22(11-13-31)30-35-16-5-4-15-34-24-9-2-3-14-33-24/h6-8,17-18,24H,2-5,9-16,19H2,1H3. The highest BCUT2D eigenvalue weighted by Crippen LogP contribution is 2.25. The molecule has 0 spiro atoms. The summed E-state index contributed by atoms with van der Waals surface area (Å²) >= 11 is 0. The van der Waals surface area contributed by atoms with Crippen LogP contribution in [0.25, 0.3) is 11.1 Å². The van der Waals surface area contributed by atoms with Gasteiger partial charge in [-0.25, -0.2) is 14.4 Å². The van der Waals surface area contributed by atoms with Gasteiger partial charge in [0.25, 0.3) is 0 Å². The van der Waals surface area contributed by atoms with Crippen molar-refractivity contribution in [1.29, 1.82) is 0 Å². The van der Waals surface area contributed by atoms with Gasteiger partial charge in [0.15, 0.2) is 6.29 Å². The van der Waals surface area contributed by atoms with E-state index in [1.165, 1.54) is 6.42 Å². The van der Waals surface area contributed by atoms with E-state index in [1.54, 1.807) is 31.6 Å². The van der Waals surface area contributed by atoms with E-state index in [4.69, 9.17) is 19.0 Å². The molecule has 1 aromatic heterocycles. The molecule has 4 rings (SSSR count). The number of benzene rings is 1. The molecule has 35 heavy (non-hydrogen) atoms. The summed E-state index contributed by atoms with van der Waals surface area (Å²) in [4.78, 5) is 16.6. The van der Waals surface area contributed by atoms with Crippen LogP contribution in [0.1, 0.15) is 50.5 Å². The molecule has 0 saturated carbocycles. The SMILES string of the molecule is COCc1cccc(-c2cnc(N3CCC(=NOCCCCOC4CCCCO4)CC3)nc2)c1F. The fourth-order valence-electron chi connectivity index (χ4n) is 4.21. The van der Waals surface area contributed by atoms with Crippen LogP contribution >= 0.6 is 0 Å². The first-order valence-electron chi connectivity index (χ1n) is 12.5. The summed E-state index contributed by atoms with van der Waals surface area (Å²) in [6.45, 7) is 3.87. The highest BCUT2D eigenvalue weighted by Gasteiger charge is 2.19. The number of hydrogen-bond donors (Lipinski definition) is 0. The topological polar surface area (TPSA) is 78.3 Å². The Balaban J connectivity index is 1.17. The van der Waals surface area contributed by atoms with Crippen LogP contribution in [0.5, 0.6) is 0 Å². The number of nitrogens with zero attached hydrogens (tertiary/aromatic N) is 4. The van der Waals surface area contributed by atoms with Crippen LogP contribution in [0.15, 0.2) is 35.7 Å². The third kappa shape index (κ3) is 7.43. The number of methoxy groups -OCH3 is 1. The van der Waals surface area contributed by atoms with Crippen molar-refractivity contribution in [3.8, 4) is 11.1 Å². The zero-order valence-electron chi connectivity index (χ0n) is 20.5. The molecule has 9 heteroatoms. The summed E-state index contributed by atoms with van der Waals surface area (Å²) < 4.78 is 31.1. The Hall–Kier alpha value is -2.62. The number of rotatable bonds is 11. The van der Waals surface area contributed by atoms with Crippen molar-refractivity contribution in [2.24, 2.45) is 5.16 Å². The molecule has 3 heterocycles. The summed E-state index contributed by atoms with van der Waals surface area (Å²) in [6, 6.07) is 5.26. The number of halogens is 1. The normalized spacial score (nSPS) is 18.5. The number of aromatic nitrogens is 2. The molecule has 0 aliphatic carbocycles. The second-order valence-electron chi connectivity index (χ2n) is 8.84. The quantitative estimate of drug-likeness (QED) is 0.336. The second-order valence-corrected chi connectivity index (χ2v) is 8.84. The molecule has 190 valence electrons. The molecule has 8 nitrogen and oxygen atoms in total. The zero-order chi connectivity index (χ0) is 24.3. The monoisotopic (exact) mass is 486 g/mol. The molecular weight excluding hydrogens is 451 g/mol. The van der Waals surface area contributed by atoms with E-state index in [0.29, 0.717) is 35.9 Å². The molecule has 2 aliphatic rings. The Morgan fingerprint density at radius 2 is 1.91 bits per heavy atom. The summed E-state index contributed by atoms with van der Waals surface area (Å²) in [5.74, 6) is 0.347. The first kappa shape index (κ1) is 25.5. The highest BCUT2D eigenvalue weighted by molar-refractivity contribution is 5.86. The van der Waals surface area contributed by atoms with Gasteiger partial charge in [-0.2, -0.15) is 0 Å². The van der Waals surface area contributed by atoms with Gasteiger partial charge < -0.3 is 23.9 Å². The molecule has 1 unspecified atom stereocenters. The van der Waals surface area contributed by atoms with Crippen molar-refractivity contribution in [3.63, 3.8) is 0 Å². The molecule has 2 fully saturated rings. The molecule has 1 atom stereocenters. The molecule has 0 amide bonds. The van der Waals surface area contributed by atoms with Crippen molar-refractivity contribution in [1.82, 2.24) is 9.97 Å². The van der Waals surface area contributed by atoms with Gasteiger partial charge in [0, 0.05) is 75.3 Å². The average molecular weight is 487 g/mol. The average Bonchev–Trinajstić information content (AvgIpc) is 2.91. The predicted molar refractivity (Wildman–Crippen MR) is 132 cm³/mol. The number of oxime groups is 1. The van der Waals surface area contributed by atoms with Gasteiger partial charge in [0.05, 0.1) is 12.3 Å². The third-order valence-corrected chi connectivity index (χ3v) is 6.22. The first-order chi connectivity index (χ1) is 17.2. The lowest BCUT2D eigenvalue weighted by atomic mass is 10.1. The number of unbranched alkanes of at least 4 members (excludes halogenated alkanes) is 1. The molecular formula is C26H35FN4O4. The van der Waals surface area contributed by atoms with Gasteiger partial charge in [0.1, 0.15) is 12.4 Å². The minimum Gasteiger partial charge on any atom is -0.396 e. The summed E-state index contributed by atoms with van der Waals surface area (Å²) in [6.07, 6.45) is 10.1. The number of hydrogen-bond acceptors (Lipinski definition) is 8. The van der Waals surface area contributed by atoms with Gasteiger partial charge in [-0.05, 0) is 32.1 Å². The largest absolute Gasteiger partial charge is 0.396 e. The van der Waals surface area contributed by atoms with E-state index in [9.17, 15) is 4.39 Å². The van der Waals surface area contributed by atoms with Gasteiger partial charge in [-0.3, -0.25) is 0 Å². The van der Waals surface area contributed by atoms with Gasteiger partial charge in [0.2, 0.25) is 5.95 Å². The molecule has 0 N–H and O–H groups in total. The van der Waals surface area contributed by atoms with E-state index >= 15 is 0 Å². The minimum atomic E-state index is -0.296. The van der Waals surface area contributed by atoms with Crippen molar-refractivity contribution in [3.05, 3.63) is 42.0 Å². The van der Waals surface area contributed by atoms with Gasteiger partial charge in [-0.15, -0.1) is 0 Å². The molecule has 2 aliphatic heterocycles. The zero-order valence-corrected chi connectivity index (χ0v) is 20.5.